The van der Waals surface area contributed by atoms with Crippen molar-refractivity contribution < 1.29 is 36.9 Å². The van der Waals surface area contributed by atoms with Gasteiger partial charge in [0.05, 0.1) is 57.3 Å². The molecule has 10 nitrogen and oxygen atoms in total. The Balaban J connectivity index is 1.19. The standard InChI is InChI=1S/C46H80N2O8S/c1-32(2)35-13-18-46(47-31-37(48-21-29-57(50,51)30-22-48)33(3)55-28-27-54-26-25-53-24-23-52-10)20-19-44(8)36(41(35)46)11-12-39-43(7)16-15-40(56-34(4)49)42(5,6)38(43)14-17-45(39,44)9/h33,35-41,47H,1,11-31H2,2-10H3/t33?,35-,36+,37?,38-,39+,40-,41+,43-,44+,45+,46-/m0/s1. The van der Waals surface area contributed by atoms with Crippen LogP contribution in [0.3, 0.4) is 0 Å². The van der Waals surface area contributed by atoms with E-state index in [0.29, 0.717) is 82.3 Å². The SMILES string of the molecule is C=C(C)[C@@H]1CC[C@]2(NCC(C(C)OCCOCCOCCOC)N3CCS(=O)(=O)CC3)CC[C@]3(C)[C@H](CC[C@@H]4[C@@]5(C)CC[C@H](OC(C)=O)C(C)(C)[C@@H]5CC[C@]43C)[C@@H]12. The monoisotopic (exact) mass is 821 g/mol. The fraction of sp³-hybridized carbons (Fsp3) is 0.935. The van der Waals surface area contributed by atoms with Crippen molar-refractivity contribution in [2.45, 2.75) is 143 Å². The van der Waals surface area contributed by atoms with Crippen LogP contribution in [0.2, 0.25) is 0 Å². The highest BCUT2D eigenvalue weighted by Gasteiger charge is 2.71. The molecule has 0 spiro atoms. The van der Waals surface area contributed by atoms with Gasteiger partial charge in [0.2, 0.25) is 0 Å². The van der Waals surface area contributed by atoms with Crippen LogP contribution in [0.15, 0.2) is 12.2 Å². The maximum Gasteiger partial charge on any atom is 0.302 e. The molecule has 1 saturated heterocycles. The summed E-state index contributed by atoms with van der Waals surface area (Å²) in [5.41, 5.74) is 2.00. The molecule has 328 valence electrons. The molecule has 11 heteroatoms. The van der Waals surface area contributed by atoms with Crippen LogP contribution in [0.1, 0.15) is 120 Å². The van der Waals surface area contributed by atoms with E-state index in [1.165, 1.54) is 44.1 Å². The lowest BCUT2D eigenvalue weighted by Crippen LogP contribution is -2.69. The summed E-state index contributed by atoms with van der Waals surface area (Å²) in [4.78, 5) is 14.5. The number of methoxy groups -OCH3 is 1. The molecule has 0 amide bonds. The molecule has 1 heterocycles. The van der Waals surface area contributed by atoms with Gasteiger partial charge in [0.1, 0.15) is 6.10 Å². The van der Waals surface area contributed by atoms with Crippen LogP contribution in [0, 0.1) is 51.2 Å². The largest absolute Gasteiger partial charge is 0.462 e. The number of esters is 1. The first-order valence-corrected chi connectivity index (χ1v) is 24.5. The average Bonchev–Trinajstić information content (AvgIpc) is 3.53. The van der Waals surface area contributed by atoms with Gasteiger partial charge in [0.15, 0.2) is 9.84 Å². The molecule has 0 aromatic rings. The van der Waals surface area contributed by atoms with Gasteiger partial charge < -0.3 is 29.0 Å². The van der Waals surface area contributed by atoms with Gasteiger partial charge in [-0.2, -0.15) is 0 Å². The van der Waals surface area contributed by atoms with Crippen LogP contribution in [0.25, 0.3) is 0 Å². The lowest BCUT2D eigenvalue weighted by atomic mass is 9.32. The summed E-state index contributed by atoms with van der Waals surface area (Å²) < 4.78 is 53.9. The number of allylic oxidation sites excluding steroid dienone is 1. The fourth-order valence-electron chi connectivity index (χ4n) is 14.7. The second-order valence-electron chi connectivity index (χ2n) is 20.7. The van der Waals surface area contributed by atoms with Gasteiger partial charge in [0, 0.05) is 50.7 Å². The Morgan fingerprint density at radius 3 is 2.12 bits per heavy atom. The van der Waals surface area contributed by atoms with Crippen LogP contribution in [-0.4, -0.2) is 121 Å². The molecule has 12 atom stereocenters. The first-order chi connectivity index (χ1) is 26.9. The van der Waals surface area contributed by atoms with Gasteiger partial charge >= 0.3 is 5.97 Å². The molecule has 57 heavy (non-hydrogen) atoms. The highest BCUT2D eigenvalue weighted by molar-refractivity contribution is 7.91. The average molecular weight is 821 g/mol. The summed E-state index contributed by atoms with van der Waals surface area (Å²) in [6.07, 6.45) is 11.7. The van der Waals surface area contributed by atoms with Gasteiger partial charge in [-0.15, -0.1) is 0 Å². The van der Waals surface area contributed by atoms with Crippen molar-refractivity contribution in [2.75, 3.05) is 77.9 Å². The number of fused-ring (bicyclic) bond motifs is 7. The Hall–Kier alpha value is -1.08. The summed E-state index contributed by atoms with van der Waals surface area (Å²) in [6, 6.07) is 0.0547. The molecule has 6 fully saturated rings. The molecule has 1 aliphatic heterocycles. The van der Waals surface area contributed by atoms with E-state index in [0.717, 1.165) is 32.2 Å². The predicted octanol–water partition coefficient (Wildman–Crippen LogP) is 7.10. The second kappa shape index (κ2) is 17.7. The Morgan fingerprint density at radius 2 is 1.47 bits per heavy atom. The number of rotatable bonds is 17. The molecular weight excluding hydrogens is 741 g/mol. The number of hydrogen-bond donors (Lipinski definition) is 1. The lowest BCUT2D eigenvalue weighted by Gasteiger charge is -2.73. The molecule has 0 radical (unpaired) electrons. The minimum Gasteiger partial charge on any atom is -0.462 e. The van der Waals surface area contributed by atoms with Crippen molar-refractivity contribution in [3.63, 3.8) is 0 Å². The molecule has 2 unspecified atom stereocenters. The van der Waals surface area contributed by atoms with Crippen LogP contribution >= 0.6 is 0 Å². The number of sulfone groups is 1. The molecule has 5 saturated carbocycles. The van der Waals surface area contributed by atoms with Gasteiger partial charge in [0.25, 0.3) is 0 Å². The fourth-order valence-corrected chi connectivity index (χ4v) is 15.9. The summed E-state index contributed by atoms with van der Waals surface area (Å²) in [5, 5.41) is 4.32. The van der Waals surface area contributed by atoms with E-state index in [2.05, 4.69) is 65.3 Å². The number of carbonyl (C=O) groups is 1. The van der Waals surface area contributed by atoms with Crippen LogP contribution in [0.5, 0.6) is 0 Å². The van der Waals surface area contributed by atoms with Gasteiger partial charge in [-0.05, 0) is 124 Å². The number of ether oxygens (including phenoxy) is 5. The quantitative estimate of drug-likeness (QED) is 0.0927. The number of carbonyl (C=O) groups excluding carboxylic acids is 1. The topological polar surface area (TPSA) is 113 Å². The van der Waals surface area contributed by atoms with E-state index in [4.69, 9.17) is 23.7 Å². The third-order valence-corrected chi connectivity index (χ3v) is 19.4. The minimum atomic E-state index is -3.01. The number of nitrogens with one attached hydrogen (secondary N) is 1. The number of nitrogens with zero attached hydrogens (tertiary/aromatic N) is 1. The zero-order chi connectivity index (χ0) is 41.4. The molecule has 6 rings (SSSR count). The lowest BCUT2D eigenvalue weighted by molar-refractivity contribution is -0.246. The smallest absolute Gasteiger partial charge is 0.302 e. The van der Waals surface area contributed by atoms with E-state index in [-0.39, 0.29) is 62.9 Å². The summed E-state index contributed by atoms with van der Waals surface area (Å²) in [6.45, 7) is 28.4. The molecule has 1 N–H and O–H groups in total. The molecule has 6 aliphatic rings. The second-order valence-corrected chi connectivity index (χ2v) is 23.0. The van der Waals surface area contributed by atoms with E-state index < -0.39 is 9.84 Å². The molecule has 5 aliphatic carbocycles. The first-order valence-electron chi connectivity index (χ1n) is 22.6. The van der Waals surface area contributed by atoms with E-state index >= 15 is 0 Å². The summed E-state index contributed by atoms with van der Waals surface area (Å²) >= 11 is 0. The Bertz CT molecular complexity index is 1510. The highest BCUT2D eigenvalue weighted by Crippen LogP contribution is 2.76. The Morgan fingerprint density at radius 1 is 0.807 bits per heavy atom. The number of hydrogen-bond acceptors (Lipinski definition) is 10. The maximum absolute atomic E-state index is 12.5. The minimum absolute atomic E-state index is 0.00313. The van der Waals surface area contributed by atoms with E-state index in [1.54, 1.807) is 14.0 Å². The zero-order valence-electron chi connectivity index (χ0n) is 37.3. The van der Waals surface area contributed by atoms with Crippen molar-refractivity contribution >= 4 is 15.8 Å². The van der Waals surface area contributed by atoms with E-state index in [1.807, 2.05) is 0 Å². The zero-order valence-corrected chi connectivity index (χ0v) is 38.1. The predicted molar refractivity (Wildman–Crippen MR) is 226 cm³/mol. The van der Waals surface area contributed by atoms with Crippen molar-refractivity contribution in [3.8, 4) is 0 Å². The third kappa shape index (κ3) is 8.71. The molecule has 0 aromatic heterocycles. The van der Waals surface area contributed by atoms with Gasteiger partial charge in [-0.1, -0.05) is 46.8 Å². The van der Waals surface area contributed by atoms with E-state index in [9.17, 15) is 13.2 Å². The molecule has 0 bridgehead atoms. The van der Waals surface area contributed by atoms with Crippen molar-refractivity contribution in [1.29, 1.82) is 0 Å². The summed E-state index contributed by atoms with van der Waals surface area (Å²) in [5.74, 6) is 3.08. The van der Waals surface area contributed by atoms with Crippen LogP contribution in [0.4, 0.5) is 0 Å². The first kappa shape index (κ1) is 45.4. The van der Waals surface area contributed by atoms with Crippen molar-refractivity contribution in [1.82, 2.24) is 10.2 Å². The van der Waals surface area contributed by atoms with Crippen LogP contribution in [-0.2, 0) is 38.3 Å². The Labute approximate surface area is 346 Å². The normalized spacial score (nSPS) is 40.9. The van der Waals surface area contributed by atoms with Gasteiger partial charge in [-0.3, -0.25) is 9.69 Å². The molecule has 0 aromatic carbocycles. The molecular formula is C46H80N2O8S. The maximum atomic E-state index is 12.5. The highest BCUT2D eigenvalue weighted by atomic mass is 32.2. The van der Waals surface area contributed by atoms with Crippen molar-refractivity contribution in [3.05, 3.63) is 12.2 Å². The van der Waals surface area contributed by atoms with Crippen molar-refractivity contribution in [2.24, 2.45) is 51.2 Å². The Kier molecular flexibility index (Phi) is 14.1. The van der Waals surface area contributed by atoms with Crippen LogP contribution < -0.4 is 5.32 Å². The van der Waals surface area contributed by atoms with Gasteiger partial charge in [-0.25, -0.2) is 8.42 Å². The third-order valence-electron chi connectivity index (χ3n) is 17.8. The summed E-state index contributed by atoms with van der Waals surface area (Å²) in [7, 11) is -1.35.